The topological polar surface area (TPSA) is 59.5 Å². The summed E-state index contributed by atoms with van der Waals surface area (Å²) in [6, 6.07) is 2.09. The third-order valence-electron chi connectivity index (χ3n) is 4.77. The molecule has 23 heavy (non-hydrogen) atoms. The van der Waals surface area contributed by atoms with Gasteiger partial charge in [0.15, 0.2) is 0 Å². The molecular formula is C17H28N4O2. The number of hydrogen-bond acceptors (Lipinski definition) is 6. The SMILES string of the molecule is Cc1nc(NCC(C)(C)N2CCOCC2)cc([C@H]2CCOC2)n1. The van der Waals surface area contributed by atoms with Gasteiger partial charge in [0.2, 0.25) is 0 Å². The Morgan fingerprint density at radius 3 is 2.70 bits per heavy atom. The minimum Gasteiger partial charge on any atom is -0.381 e. The van der Waals surface area contributed by atoms with E-state index < -0.39 is 0 Å². The molecule has 1 N–H and O–H groups in total. The molecule has 0 unspecified atom stereocenters. The summed E-state index contributed by atoms with van der Waals surface area (Å²) < 4.78 is 10.9. The van der Waals surface area contributed by atoms with E-state index in [-0.39, 0.29) is 5.54 Å². The highest BCUT2D eigenvalue weighted by Crippen LogP contribution is 2.25. The maximum absolute atomic E-state index is 5.49. The summed E-state index contributed by atoms with van der Waals surface area (Å²) in [5, 5.41) is 3.51. The van der Waals surface area contributed by atoms with E-state index in [4.69, 9.17) is 9.47 Å². The number of morpholine rings is 1. The molecule has 6 heteroatoms. The highest BCUT2D eigenvalue weighted by Gasteiger charge is 2.28. The molecule has 3 rings (SSSR count). The number of aromatic nitrogens is 2. The summed E-state index contributed by atoms with van der Waals surface area (Å²) >= 11 is 0. The number of rotatable bonds is 5. The lowest BCUT2D eigenvalue weighted by Gasteiger charge is -2.41. The van der Waals surface area contributed by atoms with Crippen LogP contribution in [0.25, 0.3) is 0 Å². The average Bonchev–Trinajstić information content (AvgIpc) is 3.08. The maximum atomic E-state index is 5.49. The lowest BCUT2D eigenvalue weighted by Crippen LogP contribution is -2.53. The van der Waals surface area contributed by atoms with Gasteiger partial charge in [0.1, 0.15) is 11.6 Å². The van der Waals surface area contributed by atoms with Crippen molar-refractivity contribution in [1.29, 1.82) is 0 Å². The molecular weight excluding hydrogens is 292 g/mol. The van der Waals surface area contributed by atoms with Crippen LogP contribution >= 0.6 is 0 Å². The third kappa shape index (κ3) is 4.19. The van der Waals surface area contributed by atoms with Gasteiger partial charge in [-0.15, -0.1) is 0 Å². The van der Waals surface area contributed by atoms with Crippen LogP contribution in [0.4, 0.5) is 5.82 Å². The Bertz CT molecular complexity index is 523. The zero-order chi connectivity index (χ0) is 16.3. The molecule has 0 radical (unpaired) electrons. The van der Waals surface area contributed by atoms with Gasteiger partial charge >= 0.3 is 0 Å². The van der Waals surface area contributed by atoms with Gasteiger partial charge in [0.05, 0.1) is 25.5 Å². The molecule has 0 amide bonds. The van der Waals surface area contributed by atoms with E-state index in [9.17, 15) is 0 Å². The van der Waals surface area contributed by atoms with Crippen molar-refractivity contribution in [2.75, 3.05) is 51.4 Å². The minimum absolute atomic E-state index is 0.0687. The molecule has 0 aliphatic carbocycles. The zero-order valence-corrected chi connectivity index (χ0v) is 14.5. The second-order valence-corrected chi connectivity index (χ2v) is 7.05. The van der Waals surface area contributed by atoms with Gasteiger partial charge < -0.3 is 14.8 Å². The van der Waals surface area contributed by atoms with E-state index in [1.165, 1.54) is 0 Å². The van der Waals surface area contributed by atoms with Gasteiger partial charge in [-0.05, 0) is 27.2 Å². The predicted molar refractivity (Wildman–Crippen MR) is 89.9 cm³/mol. The molecule has 2 aliphatic heterocycles. The molecule has 0 bridgehead atoms. The van der Waals surface area contributed by atoms with Crippen molar-refractivity contribution in [1.82, 2.24) is 14.9 Å². The van der Waals surface area contributed by atoms with Crippen molar-refractivity contribution in [3.05, 3.63) is 17.6 Å². The van der Waals surface area contributed by atoms with Crippen LogP contribution in [0.3, 0.4) is 0 Å². The summed E-state index contributed by atoms with van der Waals surface area (Å²) in [7, 11) is 0. The summed E-state index contributed by atoms with van der Waals surface area (Å²) in [5.41, 5.74) is 1.17. The normalized spacial score (nSPS) is 23.2. The van der Waals surface area contributed by atoms with Gasteiger partial charge in [-0.3, -0.25) is 4.90 Å². The predicted octanol–water partition coefficient (Wildman–Crippen LogP) is 1.81. The summed E-state index contributed by atoms with van der Waals surface area (Å²) in [5.74, 6) is 2.14. The van der Waals surface area contributed by atoms with E-state index in [2.05, 4.69) is 40.1 Å². The smallest absolute Gasteiger partial charge is 0.130 e. The molecule has 128 valence electrons. The Labute approximate surface area is 138 Å². The Kier molecular flexibility index (Phi) is 5.14. The van der Waals surface area contributed by atoms with Crippen molar-refractivity contribution in [2.45, 2.75) is 38.6 Å². The number of aryl methyl sites for hydroxylation is 1. The first-order valence-electron chi connectivity index (χ1n) is 8.54. The van der Waals surface area contributed by atoms with Gasteiger partial charge in [-0.25, -0.2) is 9.97 Å². The highest BCUT2D eigenvalue weighted by molar-refractivity contribution is 5.38. The van der Waals surface area contributed by atoms with E-state index in [0.717, 1.165) is 69.8 Å². The van der Waals surface area contributed by atoms with Crippen molar-refractivity contribution < 1.29 is 9.47 Å². The van der Waals surface area contributed by atoms with Crippen LogP contribution in [0.2, 0.25) is 0 Å². The van der Waals surface area contributed by atoms with E-state index in [1.807, 2.05) is 6.92 Å². The summed E-state index contributed by atoms with van der Waals surface area (Å²) in [4.78, 5) is 11.6. The molecule has 3 heterocycles. The Balaban J connectivity index is 1.65. The number of nitrogens with zero attached hydrogens (tertiary/aromatic N) is 3. The van der Waals surface area contributed by atoms with Crippen LogP contribution in [-0.2, 0) is 9.47 Å². The van der Waals surface area contributed by atoms with Gasteiger partial charge in [-0.1, -0.05) is 0 Å². The number of hydrogen-bond donors (Lipinski definition) is 1. The number of anilines is 1. The third-order valence-corrected chi connectivity index (χ3v) is 4.77. The molecule has 0 aromatic carbocycles. The van der Waals surface area contributed by atoms with Crippen LogP contribution < -0.4 is 5.32 Å². The molecule has 1 atom stereocenters. The number of ether oxygens (including phenoxy) is 2. The lowest BCUT2D eigenvalue weighted by molar-refractivity contribution is -0.00570. The zero-order valence-electron chi connectivity index (χ0n) is 14.5. The Morgan fingerprint density at radius 1 is 1.22 bits per heavy atom. The van der Waals surface area contributed by atoms with Crippen molar-refractivity contribution in [3.8, 4) is 0 Å². The standard InChI is InChI=1S/C17H28N4O2/c1-13-19-15(14-4-7-23-11-14)10-16(20-13)18-12-17(2,3)21-5-8-22-9-6-21/h10,14H,4-9,11-12H2,1-3H3,(H,18,19,20)/t14-/m0/s1. The van der Waals surface area contributed by atoms with Crippen LogP contribution in [0.1, 0.15) is 37.7 Å². The lowest BCUT2D eigenvalue weighted by atomic mass is 10.0. The molecule has 6 nitrogen and oxygen atoms in total. The van der Waals surface area contributed by atoms with Crippen molar-refractivity contribution in [2.24, 2.45) is 0 Å². The quantitative estimate of drug-likeness (QED) is 0.893. The fourth-order valence-electron chi connectivity index (χ4n) is 3.25. The first-order valence-corrected chi connectivity index (χ1v) is 8.54. The van der Waals surface area contributed by atoms with Gasteiger partial charge in [0, 0.05) is 43.8 Å². The highest BCUT2D eigenvalue weighted by atomic mass is 16.5. The molecule has 2 saturated heterocycles. The Hall–Kier alpha value is -1.24. The monoisotopic (exact) mass is 320 g/mol. The first kappa shape index (κ1) is 16.6. The van der Waals surface area contributed by atoms with Crippen LogP contribution in [-0.4, -0.2) is 66.5 Å². The van der Waals surface area contributed by atoms with E-state index >= 15 is 0 Å². The van der Waals surface area contributed by atoms with Crippen molar-refractivity contribution in [3.63, 3.8) is 0 Å². The number of nitrogens with one attached hydrogen (secondary N) is 1. The molecule has 0 spiro atoms. The molecule has 1 aromatic heterocycles. The second-order valence-electron chi connectivity index (χ2n) is 7.05. The summed E-state index contributed by atoms with van der Waals surface area (Å²) in [6.45, 7) is 12.6. The molecule has 2 fully saturated rings. The fraction of sp³-hybridized carbons (Fsp3) is 0.765. The van der Waals surface area contributed by atoms with Crippen molar-refractivity contribution >= 4 is 5.82 Å². The largest absolute Gasteiger partial charge is 0.381 e. The van der Waals surface area contributed by atoms with Crippen LogP contribution in [0.15, 0.2) is 6.07 Å². The molecule has 1 aromatic rings. The fourth-order valence-corrected chi connectivity index (χ4v) is 3.25. The first-order chi connectivity index (χ1) is 11.0. The molecule has 2 aliphatic rings. The van der Waals surface area contributed by atoms with E-state index in [1.54, 1.807) is 0 Å². The summed E-state index contributed by atoms with van der Waals surface area (Å²) in [6.07, 6.45) is 1.05. The minimum atomic E-state index is 0.0687. The van der Waals surface area contributed by atoms with Crippen LogP contribution in [0, 0.1) is 6.92 Å². The average molecular weight is 320 g/mol. The molecule has 0 saturated carbocycles. The second kappa shape index (κ2) is 7.11. The van der Waals surface area contributed by atoms with Gasteiger partial charge in [-0.2, -0.15) is 0 Å². The Morgan fingerprint density at radius 2 is 2.00 bits per heavy atom. The van der Waals surface area contributed by atoms with Gasteiger partial charge in [0.25, 0.3) is 0 Å². The maximum Gasteiger partial charge on any atom is 0.130 e. The van der Waals surface area contributed by atoms with Crippen LogP contribution in [0.5, 0.6) is 0 Å². The van der Waals surface area contributed by atoms with E-state index in [0.29, 0.717) is 5.92 Å².